The van der Waals surface area contributed by atoms with Crippen molar-refractivity contribution in [1.82, 2.24) is 9.88 Å². The van der Waals surface area contributed by atoms with E-state index in [1.54, 1.807) is 16.2 Å². The maximum Gasteiger partial charge on any atom is 0.242 e. The Hall–Kier alpha value is -0.940. The van der Waals surface area contributed by atoms with E-state index in [-0.39, 0.29) is 5.91 Å². The second kappa shape index (κ2) is 4.38. The topological polar surface area (TPSA) is 59.2 Å². The lowest BCUT2D eigenvalue weighted by Crippen LogP contribution is -2.53. The van der Waals surface area contributed by atoms with Crippen LogP contribution in [-0.2, 0) is 11.3 Å². The van der Waals surface area contributed by atoms with E-state index in [4.69, 9.17) is 5.73 Å². The van der Waals surface area contributed by atoms with Crippen LogP contribution in [0, 0.1) is 12.8 Å². The normalized spacial score (nSPS) is 18.8. The Kier molecular flexibility index (Phi) is 3.23. The van der Waals surface area contributed by atoms with Gasteiger partial charge in [0.2, 0.25) is 5.91 Å². The molecule has 1 unspecified atom stereocenters. The highest BCUT2D eigenvalue weighted by molar-refractivity contribution is 7.09. The summed E-state index contributed by atoms with van der Waals surface area (Å²) < 4.78 is 0. The molecule has 0 aromatic carbocycles. The second-order valence-corrected chi connectivity index (χ2v) is 6.02. The molecule has 4 nitrogen and oxygen atoms in total. The van der Waals surface area contributed by atoms with E-state index in [0.717, 1.165) is 23.4 Å². The summed E-state index contributed by atoms with van der Waals surface area (Å²) in [6, 6.07) is 0. The van der Waals surface area contributed by atoms with Crippen molar-refractivity contribution in [2.75, 3.05) is 7.05 Å². The van der Waals surface area contributed by atoms with E-state index >= 15 is 0 Å². The number of aromatic nitrogens is 1. The number of nitrogens with two attached hydrogens (primary N) is 1. The Morgan fingerprint density at radius 2 is 2.35 bits per heavy atom. The van der Waals surface area contributed by atoms with Gasteiger partial charge in [-0.1, -0.05) is 0 Å². The maximum absolute atomic E-state index is 12.3. The number of likely N-dealkylation sites (N-methyl/N-ethyl adjacent to an activating group) is 1. The molecule has 0 aliphatic heterocycles. The number of amides is 1. The molecule has 1 aliphatic rings. The first-order valence-electron chi connectivity index (χ1n) is 5.86. The Bertz CT molecular complexity index is 423. The van der Waals surface area contributed by atoms with E-state index < -0.39 is 5.54 Å². The molecule has 0 spiro atoms. The van der Waals surface area contributed by atoms with Gasteiger partial charge in [0.1, 0.15) is 0 Å². The summed E-state index contributed by atoms with van der Waals surface area (Å²) >= 11 is 1.58. The zero-order valence-electron chi connectivity index (χ0n) is 10.6. The Morgan fingerprint density at radius 3 is 2.82 bits per heavy atom. The molecule has 1 amide bonds. The minimum absolute atomic E-state index is 0.0350. The van der Waals surface area contributed by atoms with Gasteiger partial charge in [0.05, 0.1) is 23.3 Å². The third-order valence-electron chi connectivity index (χ3n) is 3.46. The number of carbonyl (C=O) groups is 1. The quantitative estimate of drug-likeness (QED) is 0.885. The number of thiazole rings is 1. The predicted molar refractivity (Wildman–Crippen MR) is 68.6 cm³/mol. The average molecular weight is 253 g/mol. The third kappa shape index (κ3) is 2.50. The molecule has 1 saturated carbocycles. The Balaban J connectivity index is 2.02. The standard InChI is InChI=1S/C12H19N3OS/c1-8-10(17-7-14-8)6-15(3)11(16)12(2,13)9-4-5-9/h7,9H,4-6,13H2,1-3H3. The molecule has 1 aromatic heterocycles. The van der Waals surface area contributed by atoms with E-state index in [2.05, 4.69) is 4.98 Å². The number of hydrogen-bond donors (Lipinski definition) is 1. The average Bonchev–Trinajstić information content (AvgIpc) is 3.05. The lowest BCUT2D eigenvalue weighted by atomic mass is 9.95. The zero-order valence-corrected chi connectivity index (χ0v) is 11.4. The van der Waals surface area contributed by atoms with Crippen molar-refractivity contribution in [3.63, 3.8) is 0 Å². The van der Waals surface area contributed by atoms with E-state index in [1.807, 2.05) is 26.4 Å². The molecule has 5 heteroatoms. The summed E-state index contributed by atoms with van der Waals surface area (Å²) in [5.41, 5.74) is 8.24. The van der Waals surface area contributed by atoms with Gasteiger partial charge in [-0.15, -0.1) is 11.3 Å². The van der Waals surface area contributed by atoms with Crippen LogP contribution >= 0.6 is 11.3 Å². The molecule has 1 atom stereocenters. The van der Waals surface area contributed by atoms with Gasteiger partial charge in [0.15, 0.2) is 0 Å². The van der Waals surface area contributed by atoms with Gasteiger partial charge in [-0.25, -0.2) is 4.98 Å². The van der Waals surface area contributed by atoms with Crippen LogP contribution in [0.25, 0.3) is 0 Å². The van der Waals surface area contributed by atoms with Crippen LogP contribution in [0.15, 0.2) is 5.51 Å². The fourth-order valence-electron chi connectivity index (χ4n) is 2.03. The van der Waals surface area contributed by atoms with Crippen molar-refractivity contribution < 1.29 is 4.79 Å². The number of hydrogen-bond acceptors (Lipinski definition) is 4. The van der Waals surface area contributed by atoms with Crippen LogP contribution in [-0.4, -0.2) is 28.4 Å². The molecule has 17 heavy (non-hydrogen) atoms. The molecule has 0 saturated heterocycles. The molecule has 2 rings (SSSR count). The monoisotopic (exact) mass is 253 g/mol. The summed E-state index contributed by atoms with van der Waals surface area (Å²) in [4.78, 5) is 19.3. The molecular formula is C12H19N3OS. The molecule has 1 heterocycles. The Labute approximate surface area is 106 Å². The summed E-state index contributed by atoms with van der Waals surface area (Å²) in [6.07, 6.45) is 2.15. The summed E-state index contributed by atoms with van der Waals surface area (Å²) in [7, 11) is 1.81. The van der Waals surface area contributed by atoms with Crippen LogP contribution in [0.1, 0.15) is 30.3 Å². The molecule has 1 fully saturated rings. The summed E-state index contributed by atoms with van der Waals surface area (Å²) in [5.74, 6) is 0.396. The number of aryl methyl sites for hydroxylation is 1. The van der Waals surface area contributed by atoms with Crippen LogP contribution < -0.4 is 5.73 Å². The molecule has 1 aliphatic carbocycles. The number of nitrogens with zero attached hydrogens (tertiary/aromatic N) is 2. The van der Waals surface area contributed by atoms with Gasteiger partial charge < -0.3 is 10.6 Å². The largest absolute Gasteiger partial charge is 0.339 e. The molecule has 2 N–H and O–H groups in total. The lowest BCUT2D eigenvalue weighted by molar-refractivity contribution is -0.136. The molecule has 94 valence electrons. The van der Waals surface area contributed by atoms with Gasteiger partial charge in [0.25, 0.3) is 0 Å². The lowest BCUT2D eigenvalue weighted by Gasteiger charge is -2.29. The van der Waals surface area contributed by atoms with E-state index in [1.165, 1.54) is 0 Å². The molecular weight excluding hydrogens is 234 g/mol. The van der Waals surface area contributed by atoms with Crippen LogP contribution in [0.5, 0.6) is 0 Å². The van der Waals surface area contributed by atoms with Gasteiger partial charge in [-0.05, 0) is 32.6 Å². The Morgan fingerprint density at radius 1 is 1.71 bits per heavy atom. The van der Waals surface area contributed by atoms with Crippen molar-refractivity contribution in [2.45, 2.75) is 38.8 Å². The molecule has 1 aromatic rings. The highest BCUT2D eigenvalue weighted by Gasteiger charge is 2.45. The van der Waals surface area contributed by atoms with Crippen molar-refractivity contribution in [3.8, 4) is 0 Å². The fraction of sp³-hybridized carbons (Fsp3) is 0.667. The van der Waals surface area contributed by atoms with Gasteiger partial charge in [-0.2, -0.15) is 0 Å². The van der Waals surface area contributed by atoms with Crippen molar-refractivity contribution >= 4 is 17.2 Å². The minimum Gasteiger partial charge on any atom is -0.339 e. The predicted octanol–water partition coefficient (Wildman–Crippen LogP) is 1.54. The fourth-order valence-corrected chi connectivity index (χ4v) is 2.86. The van der Waals surface area contributed by atoms with Crippen LogP contribution in [0.2, 0.25) is 0 Å². The molecule has 0 radical (unpaired) electrons. The van der Waals surface area contributed by atoms with E-state index in [9.17, 15) is 4.79 Å². The highest BCUT2D eigenvalue weighted by Crippen LogP contribution is 2.39. The molecule has 0 bridgehead atoms. The second-order valence-electron chi connectivity index (χ2n) is 5.08. The highest BCUT2D eigenvalue weighted by atomic mass is 32.1. The van der Waals surface area contributed by atoms with Gasteiger partial charge in [-0.3, -0.25) is 4.79 Å². The SMILES string of the molecule is Cc1ncsc1CN(C)C(=O)C(C)(N)C1CC1. The zero-order chi connectivity index (χ0) is 12.6. The third-order valence-corrected chi connectivity index (χ3v) is 4.38. The minimum atomic E-state index is -0.701. The first-order valence-corrected chi connectivity index (χ1v) is 6.74. The van der Waals surface area contributed by atoms with Crippen LogP contribution in [0.3, 0.4) is 0 Å². The van der Waals surface area contributed by atoms with Crippen molar-refractivity contribution in [1.29, 1.82) is 0 Å². The summed E-state index contributed by atoms with van der Waals surface area (Å²) in [6.45, 7) is 4.42. The van der Waals surface area contributed by atoms with Gasteiger partial charge >= 0.3 is 0 Å². The number of carbonyl (C=O) groups excluding carboxylic acids is 1. The maximum atomic E-state index is 12.3. The van der Waals surface area contributed by atoms with E-state index in [0.29, 0.717) is 12.5 Å². The van der Waals surface area contributed by atoms with Crippen molar-refractivity contribution in [3.05, 3.63) is 16.1 Å². The van der Waals surface area contributed by atoms with Crippen LogP contribution in [0.4, 0.5) is 0 Å². The first-order chi connectivity index (χ1) is 7.93. The van der Waals surface area contributed by atoms with Gasteiger partial charge in [0, 0.05) is 11.9 Å². The smallest absolute Gasteiger partial charge is 0.242 e. The summed E-state index contributed by atoms with van der Waals surface area (Å²) in [5, 5.41) is 0. The number of rotatable bonds is 4. The van der Waals surface area contributed by atoms with Crippen molar-refractivity contribution in [2.24, 2.45) is 11.7 Å². The first kappa shape index (κ1) is 12.5.